The number of H-pyrrole nitrogens is 1. The van der Waals surface area contributed by atoms with Gasteiger partial charge in [0.05, 0.1) is 16.3 Å². The SMILES string of the molecule is Cc1c(O)c(=CNCCN2CCCC2)c2nc3c(=O)ccc(C(=O)O)c3[nH]c2c1=O. The van der Waals surface area contributed by atoms with Crippen molar-refractivity contribution in [3.63, 3.8) is 0 Å². The van der Waals surface area contributed by atoms with Gasteiger partial charge in [0.2, 0.25) is 10.9 Å². The number of benzene rings is 2. The second kappa shape index (κ2) is 7.75. The topological polar surface area (TPSA) is 136 Å². The van der Waals surface area contributed by atoms with Crippen molar-refractivity contribution in [1.29, 1.82) is 0 Å². The van der Waals surface area contributed by atoms with Gasteiger partial charge in [0.15, 0.2) is 0 Å². The maximum atomic E-state index is 12.7. The van der Waals surface area contributed by atoms with Gasteiger partial charge < -0.3 is 25.4 Å². The van der Waals surface area contributed by atoms with Crippen LogP contribution in [0.2, 0.25) is 0 Å². The van der Waals surface area contributed by atoms with Crippen molar-refractivity contribution >= 4 is 34.2 Å². The molecule has 0 saturated carbocycles. The normalized spacial score (nSPS) is 15.3. The second-order valence-electron chi connectivity index (χ2n) is 7.46. The van der Waals surface area contributed by atoms with Gasteiger partial charge in [-0.25, -0.2) is 9.78 Å². The molecular weight excluding hydrogens is 388 g/mol. The van der Waals surface area contributed by atoms with Gasteiger partial charge in [-0.3, -0.25) is 9.59 Å². The van der Waals surface area contributed by atoms with Crippen LogP contribution in [-0.2, 0) is 0 Å². The molecule has 0 bridgehead atoms. The molecule has 1 aliphatic heterocycles. The van der Waals surface area contributed by atoms with Crippen molar-refractivity contribution in [1.82, 2.24) is 20.2 Å². The maximum absolute atomic E-state index is 12.7. The molecule has 30 heavy (non-hydrogen) atoms. The van der Waals surface area contributed by atoms with Crippen molar-refractivity contribution < 1.29 is 15.0 Å². The van der Waals surface area contributed by atoms with E-state index in [9.17, 15) is 24.6 Å². The molecule has 2 aromatic carbocycles. The fraction of sp³-hybridized carbons (Fsp3) is 0.333. The van der Waals surface area contributed by atoms with Crippen LogP contribution in [0.5, 0.6) is 5.75 Å². The Morgan fingerprint density at radius 2 is 1.97 bits per heavy atom. The number of phenolic OH excluding ortho intramolecular Hbond substituents is 1. The summed E-state index contributed by atoms with van der Waals surface area (Å²) in [5, 5.41) is 23.4. The lowest BCUT2D eigenvalue weighted by atomic mass is 10.1. The lowest BCUT2D eigenvalue weighted by Crippen LogP contribution is -2.29. The monoisotopic (exact) mass is 410 g/mol. The lowest BCUT2D eigenvalue weighted by Gasteiger charge is -2.14. The number of aromatic amines is 1. The first-order chi connectivity index (χ1) is 14.4. The van der Waals surface area contributed by atoms with E-state index in [0.29, 0.717) is 6.54 Å². The van der Waals surface area contributed by atoms with E-state index in [2.05, 4.69) is 20.2 Å². The van der Waals surface area contributed by atoms with Crippen LogP contribution in [0.3, 0.4) is 0 Å². The zero-order chi connectivity index (χ0) is 21.4. The summed E-state index contributed by atoms with van der Waals surface area (Å²) in [5.74, 6) is -1.46. The van der Waals surface area contributed by atoms with Crippen LogP contribution in [0.15, 0.2) is 21.7 Å². The van der Waals surface area contributed by atoms with Crippen molar-refractivity contribution in [3.8, 4) is 5.75 Å². The number of aromatic hydroxyl groups is 1. The highest BCUT2D eigenvalue weighted by Gasteiger charge is 2.18. The number of phenols is 1. The Balaban J connectivity index is 1.89. The quantitative estimate of drug-likeness (QED) is 0.348. The molecule has 3 aromatic rings. The number of carboxylic acid groups (broad SMARTS) is 1. The first-order valence-electron chi connectivity index (χ1n) is 9.80. The van der Waals surface area contributed by atoms with Crippen LogP contribution in [0.25, 0.3) is 28.3 Å². The Bertz CT molecular complexity index is 1330. The molecule has 0 aliphatic carbocycles. The van der Waals surface area contributed by atoms with E-state index >= 15 is 0 Å². The van der Waals surface area contributed by atoms with Gasteiger partial charge in [-0.2, -0.15) is 0 Å². The first-order valence-corrected chi connectivity index (χ1v) is 9.80. The van der Waals surface area contributed by atoms with E-state index in [1.807, 2.05) is 0 Å². The third-order valence-electron chi connectivity index (χ3n) is 5.53. The summed E-state index contributed by atoms with van der Waals surface area (Å²) in [6, 6.07) is 2.31. The summed E-state index contributed by atoms with van der Waals surface area (Å²) >= 11 is 0. The summed E-state index contributed by atoms with van der Waals surface area (Å²) in [5.41, 5.74) is -0.981. The number of carbonyl (C=O) groups is 1. The van der Waals surface area contributed by atoms with Gasteiger partial charge in [-0.15, -0.1) is 0 Å². The third kappa shape index (κ3) is 3.37. The molecule has 9 heteroatoms. The summed E-state index contributed by atoms with van der Waals surface area (Å²) in [4.78, 5) is 46.0. The Morgan fingerprint density at radius 3 is 2.67 bits per heavy atom. The van der Waals surface area contributed by atoms with Crippen molar-refractivity contribution in [2.45, 2.75) is 19.8 Å². The second-order valence-corrected chi connectivity index (χ2v) is 7.46. The fourth-order valence-corrected chi connectivity index (χ4v) is 3.85. The van der Waals surface area contributed by atoms with E-state index < -0.39 is 16.8 Å². The van der Waals surface area contributed by atoms with E-state index in [1.165, 1.54) is 25.8 Å². The Hall–Kier alpha value is -3.46. The number of nitrogens with one attached hydrogen (secondary N) is 2. The number of rotatable bonds is 5. The molecule has 1 aromatic heterocycles. The average molecular weight is 410 g/mol. The van der Waals surface area contributed by atoms with Crippen molar-refractivity contribution in [2.75, 3.05) is 26.2 Å². The Kier molecular flexibility index (Phi) is 5.13. The molecule has 0 unspecified atom stereocenters. The molecule has 9 nitrogen and oxygen atoms in total. The number of aromatic carboxylic acids is 1. The van der Waals surface area contributed by atoms with Crippen LogP contribution in [-0.4, -0.2) is 57.2 Å². The molecule has 2 heterocycles. The largest absolute Gasteiger partial charge is 0.507 e. The van der Waals surface area contributed by atoms with Crippen LogP contribution < -0.4 is 21.4 Å². The number of aromatic nitrogens is 2. The fourth-order valence-electron chi connectivity index (χ4n) is 3.85. The molecule has 1 saturated heterocycles. The summed E-state index contributed by atoms with van der Waals surface area (Å²) in [6.45, 7) is 5.12. The minimum atomic E-state index is -1.24. The van der Waals surface area contributed by atoms with Crippen LogP contribution in [0.4, 0.5) is 0 Å². The molecule has 1 aliphatic rings. The highest BCUT2D eigenvalue weighted by molar-refractivity contribution is 6.02. The molecular formula is C21H22N4O5. The van der Waals surface area contributed by atoms with Gasteiger partial charge in [0.25, 0.3) is 0 Å². The zero-order valence-electron chi connectivity index (χ0n) is 16.5. The highest BCUT2D eigenvalue weighted by atomic mass is 16.4. The molecule has 4 rings (SSSR count). The Morgan fingerprint density at radius 1 is 1.23 bits per heavy atom. The van der Waals surface area contributed by atoms with Gasteiger partial charge >= 0.3 is 5.97 Å². The molecule has 1 fully saturated rings. The molecule has 0 spiro atoms. The minimum absolute atomic E-state index is 0.0161. The number of nitrogens with zero attached hydrogens (tertiary/aromatic N) is 2. The van der Waals surface area contributed by atoms with Gasteiger partial charge in [0.1, 0.15) is 22.3 Å². The standard InChI is InChI=1S/C21H22N4O5/c1-11-19(27)13(10-22-6-9-25-7-2-3-8-25)16-18(20(11)28)24-15-12(21(29)30)4-5-14(26)17(15)23-16/h4-5,10,22,24,27H,2-3,6-9H2,1H3,(H,29,30). The van der Waals surface area contributed by atoms with E-state index in [0.717, 1.165) is 25.7 Å². The zero-order valence-corrected chi connectivity index (χ0v) is 16.5. The van der Waals surface area contributed by atoms with Gasteiger partial charge in [-0.05, 0) is 45.0 Å². The predicted octanol–water partition coefficient (Wildman–Crippen LogP) is 0.291. The summed E-state index contributed by atoms with van der Waals surface area (Å²) in [6.07, 6.45) is 3.97. The lowest BCUT2D eigenvalue weighted by molar-refractivity contribution is 0.0699. The average Bonchev–Trinajstić information content (AvgIpc) is 3.24. The minimum Gasteiger partial charge on any atom is -0.507 e. The number of likely N-dealkylation sites (tertiary alicyclic amines) is 1. The van der Waals surface area contributed by atoms with Crippen LogP contribution in [0, 0.1) is 6.92 Å². The smallest absolute Gasteiger partial charge is 0.337 e. The third-order valence-corrected chi connectivity index (χ3v) is 5.53. The van der Waals surface area contributed by atoms with Gasteiger partial charge in [-0.1, -0.05) is 0 Å². The molecule has 4 N–H and O–H groups in total. The van der Waals surface area contributed by atoms with Crippen LogP contribution >= 0.6 is 0 Å². The maximum Gasteiger partial charge on any atom is 0.337 e. The van der Waals surface area contributed by atoms with Crippen molar-refractivity contribution in [2.24, 2.45) is 0 Å². The highest BCUT2D eigenvalue weighted by Crippen LogP contribution is 2.17. The number of carboxylic acids is 1. The molecule has 0 radical (unpaired) electrons. The van der Waals surface area contributed by atoms with Crippen molar-refractivity contribution in [3.05, 3.63) is 48.9 Å². The first kappa shape index (κ1) is 19.8. The van der Waals surface area contributed by atoms with E-state index in [-0.39, 0.29) is 44.2 Å². The molecule has 0 atom stereocenters. The molecule has 156 valence electrons. The number of fused-ring (bicyclic) bond motifs is 2. The molecule has 0 amide bonds. The summed E-state index contributed by atoms with van der Waals surface area (Å²) < 4.78 is 0. The van der Waals surface area contributed by atoms with Gasteiger partial charge in [0, 0.05) is 24.9 Å². The number of hydrogen-bond acceptors (Lipinski definition) is 7. The summed E-state index contributed by atoms with van der Waals surface area (Å²) in [7, 11) is 0. The van der Waals surface area contributed by atoms with E-state index in [1.54, 1.807) is 6.20 Å². The van der Waals surface area contributed by atoms with Crippen LogP contribution in [0.1, 0.15) is 28.8 Å². The Labute approximate surface area is 170 Å². The number of hydrogen-bond donors (Lipinski definition) is 4. The predicted molar refractivity (Wildman–Crippen MR) is 113 cm³/mol. The van der Waals surface area contributed by atoms with E-state index in [4.69, 9.17) is 0 Å².